The summed E-state index contributed by atoms with van der Waals surface area (Å²) in [7, 11) is 0. The second-order valence-corrected chi connectivity index (χ2v) is 5.12. The molecule has 5 nitrogen and oxygen atoms in total. The van der Waals surface area contributed by atoms with Gasteiger partial charge in [-0.25, -0.2) is 5.84 Å². The quantitative estimate of drug-likeness (QED) is 0.367. The smallest absolute Gasteiger partial charge is 0.265 e. The van der Waals surface area contributed by atoms with Crippen LogP contribution in [0.4, 0.5) is 5.69 Å². The van der Waals surface area contributed by atoms with E-state index in [4.69, 9.17) is 5.84 Å². The van der Waals surface area contributed by atoms with E-state index in [-0.39, 0.29) is 16.6 Å². The van der Waals surface area contributed by atoms with E-state index in [1.54, 1.807) is 29.2 Å². The monoisotopic (exact) mass is 297 g/mol. The molecule has 1 aliphatic rings. The topological polar surface area (TPSA) is 75.4 Å². The number of nitrogens with two attached hydrogens (primary N) is 1. The number of nitrogen functional groups attached to an aromatic ring is 1. The average molecular weight is 298 g/mol. The molecule has 0 aliphatic carbocycles. The number of anilines is 1. The van der Waals surface area contributed by atoms with Crippen LogP contribution in [0.25, 0.3) is 0 Å². The van der Waals surface area contributed by atoms with Gasteiger partial charge in [-0.2, -0.15) is 0 Å². The normalized spacial score (nSPS) is 19.5. The SMILES string of the molecule is NNC(=O)c1ccc(N2CC(Br)CC2=O)cc1. The highest BCUT2D eigenvalue weighted by atomic mass is 79.9. The van der Waals surface area contributed by atoms with Crippen molar-refractivity contribution < 1.29 is 9.59 Å². The summed E-state index contributed by atoms with van der Waals surface area (Å²) in [6, 6.07) is 6.78. The number of hydrogen-bond donors (Lipinski definition) is 2. The fraction of sp³-hybridized carbons (Fsp3) is 0.273. The maximum atomic E-state index is 11.7. The molecular formula is C11H12BrN3O2. The second-order valence-electron chi connectivity index (χ2n) is 3.83. The third kappa shape index (κ3) is 2.48. The van der Waals surface area contributed by atoms with Crippen LogP contribution in [0.5, 0.6) is 0 Å². The predicted octanol–water partition coefficient (Wildman–Crippen LogP) is 0.790. The molecule has 0 bridgehead atoms. The molecule has 0 aromatic heterocycles. The van der Waals surface area contributed by atoms with E-state index in [0.717, 1.165) is 5.69 Å². The number of hydrazine groups is 1. The third-order valence-corrected chi connectivity index (χ3v) is 3.26. The lowest BCUT2D eigenvalue weighted by atomic mass is 10.2. The molecule has 1 saturated heterocycles. The zero-order valence-electron chi connectivity index (χ0n) is 9.02. The largest absolute Gasteiger partial charge is 0.311 e. The molecule has 1 fully saturated rings. The molecule has 1 unspecified atom stereocenters. The highest BCUT2D eigenvalue weighted by Gasteiger charge is 2.28. The average Bonchev–Trinajstić information content (AvgIpc) is 2.68. The van der Waals surface area contributed by atoms with Gasteiger partial charge in [0.15, 0.2) is 0 Å². The molecule has 6 heteroatoms. The molecule has 0 radical (unpaired) electrons. The summed E-state index contributed by atoms with van der Waals surface area (Å²) in [5.41, 5.74) is 3.33. The minimum atomic E-state index is -0.345. The second kappa shape index (κ2) is 4.85. The molecule has 2 amide bonds. The molecule has 0 spiro atoms. The fourth-order valence-electron chi connectivity index (χ4n) is 1.79. The number of benzene rings is 1. The molecule has 1 aromatic carbocycles. The van der Waals surface area contributed by atoms with E-state index in [0.29, 0.717) is 18.5 Å². The van der Waals surface area contributed by atoms with Crippen molar-refractivity contribution in [3.8, 4) is 0 Å². The first kappa shape index (κ1) is 12.1. The van der Waals surface area contributed by atoms with Crippen LogP contribution in [0.3, 0.4) is 0 Å². The number of nitrogens with zero attached hydrogens (tertiary/aromatic N) is 1. The van der Waals surface area contributed by atoms with E-state index in [1.165, 1.54) is 0 Å². The van der Waals surface area contributed by atoms with Crippen molar-refractivity contribution in [1.82, 2.24) is 5.43 Å². The van der Waals surface area contributed by atoms with Crippen molar-refractivity contribution in [3.63, 3.8) is 0 Å². The van der Waals surface area contributed by atoms with E-state index in [9.17, 15) is 9.59 Å². The van der Waals surface area contributed by atoms with Crippen LogP contribution < -0.4 is 16.2 Å². The summed E-state index contributed by atoms with van der Waals surface area (Å²) in [5.74, 6) is 4.78. The molecule has 90 valence electrons. The Morgan fingerprint density at radius 2 is 2.06 bits per heavy atom. The lowest BCUT2D eigenvalue weighted by Crippen LogP contribution is -2.30. The van der Waals surface area contributed by atoms with E-state index in [2.05, 4.69) is 21.4 Å². The van der Waals surface area contributed by atoms with E-state index in [1.807, 2.05) is 0 Å². The van der Waals surface area contributed by atoms with Gasteiger partial charge in [-0.3, -0.25) is 15.0 Å². The van der Waals surface area contributed by atoms with Crippen LogP contribution in [0.15, 0.2) is 24.3 Å². The molecule has 1 aromatic rings. The highest BCUT2D eigenvalue weighted by Crippen LogP contribution is 2.25. The summed E-state index contributed by atoms with van der Waals surface area (Å²) in [6.07, 6.45) is 0.505. The van der Waals surface area contributed by atoms with Crippen molar-refractivity contribution in [2.75, 3.05) is 11.4 Å². The number of alkyl halides is 1. The zero-order valence-corrected chi connectivity index (χ0v) is 10.6. The van der Waals surface area contributed by atoms with Gasteiger partial charge in [0.2, 0.25) is 5.91 Å². The summed E-state index contributed by atoms with van der Waals surface area (Å²) < 4.78 is 0. The van der Waals surface area contributed by atoms with Crippen LogP contribution >= 0.6 is 15.9 Å². The van der Waals surface area contributed by atoms with Gasteiger partial charge < -0.3 is 4.90 Å². The van der Waals surface area contributed by atoms with Crippen molar-refractivity contribution >= 4 is 33.4 Å². The molecule has 3 N–H and O–H groups in total. The number of hydrogen-bond acceptors (Lipinski definition) is 3. The van der Waals surface area contributed by atoms with Crippen LogP contribution in [0.1, 0.15) is 16.8 Å². The maximum Gasteiger partial charge on any atom is 0.265 e. The molecule has 1 heterocycles. The first-order valence-corrected chi connectivity index (χ1v) is 6.09. The number of carbonyl (C=O) groups excluding carboxylic acids is 2. The number of rotatable bonds is 2. The Morgan fingerprint density at radius 1 is 1.41 bits per heavy atom. The first-order valence-electron chi connectivity index (χ1n) is 5.17. The lowest BCUT2D eigenvalue weighted by molar-refractivity contribution is -0.117. The Bertz CT molecular complexity index is 447. The van der Waals surface area contributed by atoms with Gasteiger partial charge in [0.05, 0.1) is 0 Å². The Labute approximate surface area is 107 Å². The Morgan fingerprint density at radius 3 is 2.53 bits per heavy atom. The Kier molecular flexibility index (Phi) is 3.44. The van der Waals surface area contributed by atoms with Crippen molar-refractivity contribution in [2.45, 2.75) is 11.2 Å². The summed E-state index contributed by atoms with van der Waals surface area (Å²) in [6.45, 7) is 0.654. The van der Waals surface area contributed by atoms with Crippen molar-refractivity contribution in [1.29, 1.82) is 0 Å². The van der Waals surface area contributed by atoms with E-state index >= 15 is 0 Å². The van der Waals surface area contributed by atoms with Crippen LogP contribution in [0.2, 0.25) is 0 Å². The minimum absolute atomic E-state index is 0.0860. The van der Waals surface area contributed by atoms with Crippen molar-refractivity contribution in [3.05, 3.63) is 29.8 Å². The molecular weight excluding hydrogens is 286 g/mol. The molecule has 2 rings (SSSR count). The molecule has 0 saturated carbocycles. The number of nitrogens with one attached hydrogen (secondary N) is 1. The van der Waals surface area contributed by atoms with Gasteiger partial charge in [0, 0.05) is 29.0 Å². The number of halogens is 1. The number of carbonyl (C=O) groups is 2. The molecule has 17 heavy (non-hydrogen) atoms. The summed E-state index contributed by atoms with van der Waals surface area (Å²) >= 11 is 3.42. The van der Waals surface area contributed by atoms with E-state index < -0.39 is 0 Å². The number of amides is 2. The highest BCUT2D eigenvalue weighted by molar-refractivity contribution is 9.09. The van der Waals surface area contributed by atoms with Gasteiger partial charge in [0.1, 0.15) is 0 Å². The maximum absolute atomic E-state index is 11.7. The predicted molar refractivity (Wildman–Crippen MR) is 67.8 cm³/mol. The Hall–Kier alpha value is -1.40. The zero-order chi connectivity index (χ0) is 12.4. The standard InChI is InChI=1S/C11H12BrN3O2/c12-8-5-10(16)15(6-8)9-3-1-7(2-4-9)11(17)14-13/h1-4,8H,5-6,13H2,(H,14,17). The summed E-state index contributed by atoms with van der Waals surface area (Å²) in [5, 5.41) is 0. The van der Waals surface area contributed by atoms with Crippen LogP contribution in [-0.4, -0.2) is 23.2 Å². The van der Waals surface area contributed by atoms with Gasteiger partial charge in [-0.15, -0.1) is 0 Å². The molecule has 1 aliphatic heterocycles. The van der Waals surface area contributed by atoms with Crippen LogP contribution in [-0.2, 0) is 4.79 Å². The van der Waals surface area contributed by atoms with Crippen LogP contribution in [0, 0.1) is 0 Å². The Balaban J connectivity index is 2.18. The first-order chi connectivity index (χ1) is 8.11. The summed E-state index contributed by atoms with van der Waals surface area (Å²) in [4.78, 5) is 24.8. The minimum Gasteiger partial charge on any atom is -0.311 e. The lowest BCUT2D eigenvalue weighted by Gasteiger charge is -2.16. The van der Waals surface area contributed by atoms with Crippen molar-refractivity contribution in [2.24, 2.45) is 5.84 Å². The third-order valence-electron chi connectivity index (χ3n) is 2.65. The van der Waals surface area contributed by atoms with Gasteiger partial charge in [-0.05, 0) is 24.3 Å². The van der Waals surface area contributed by atoms with Gasteiger partial charge in [0.25, 0.3) is 5.91 Å². The fourth-order valence-corrected chi connectivity index (χ4v) is 2.36. The molecule has 1 atom stereocenters. The van der Waals surface area contributed by atoms with Gasteiger partial charge >= 0.3 is 0 Å². The van der Waals surface area contributed by atoms with Gasteiger partial charge in [-0.1, -0.05) is 15.9 Å².